The van der Waals surface area contributed by atoms with E-state index in [1.165, 1.54) is 0 Å². The summed E-state index contributed by atoms with van der Waals surface area (Å²) in [4.78, 5) is 22.9. The maximum atomic E-state index is 13.2. The van der Waals surface area contributed by atoms with Crippen LogP contribution in [0.3, 0.4) is 0 Å². The summed E-state index contributed by atoms with van der Waals surface area (Å²) < 4.78 is 18.0. The van der Waals surface area contributed by atoms with E-state index >= 15 is 0 Å². The molecule has 208 valence electrons. The van der Waals surface area contributed by atoms with Gasteiger partial charge >= 0.3 is 0 Å². The largest absolute Gasteiger partial charge is 0.497 e. The number of rotatable bonds is 10. The van der Waals surface area contributed by atoms with Crippen LogP contribution in [-0.4, -0.2) is 46.9 Å². The molecule has 0 spiro atoms. The van der Waals surface area contributed by atoms with Crippen LogP contribution in [0.15, 0.2) is 66.9 Å². The normalized spacial score (nSPS) is 12.9. The molecule has 1 saturated carbocycles. The first-order valence-electron chi connectivity index (χ1n) is 13.7. The number of benzene rings is 2. The van der Waals surface area contributed by atoms with Gasteiger partial charge in [0.05, 0.1) is 39.3 Å². The van der Waals surface area contributed by atoms with Gasteiger partial charge in [-0.2, -0.15) is 5.10 Å². The lowest BCUT2D eigenvalue weighted by Crippen LogP contribution is -2.06. The van der Waals surface area contributed by atoms with Gasteiger partial charge in [-0.25, -0.2) is 9.67 Å². The van der Waals surface area contributed by atoms with E-state index < -0.39 is 0 Å². The summed E-state index contributed by atoms with van der Waals surface area (Å²) in [5.74, 6) is 2.42. The molecule has 0 radical (unpaired) electrons. The summed E-state index contributed by atoms with van der Waals surface area (Å²) in [5.41, 5.74) is 6.98. The number of pyridine rings is 2. The number of carbonyl (C=O) groups excluding carboxylic acids is 1. The molecule has 0 atom stereocenters. The minimum Gasteiger partial charge on any atom is -0.497 e. The van der Waals surface area contributed by atoms with Crippen molar-refractivity contribution in [2.75, 3.05) is 21.3 Å². The molecule has 8 heteroatoms. The highest BCUT2D eigenvalue weighted by molar-refractivity contribution is 5.98. The average molecular weight is 549 g/mol. The summed E-state index contributed by atoms with van der Waals surface area (Å²) in [5, 5.41) is 6.10. The molecular weight excluding hydrogens is 516 g/mol. The number of aromatic nitrogens is 4. The molecule has 0 saturated heterocycles. The molecule has 0 N–H and O–H groups in total. The first kappa shape index (κ1) is 26.5. The molecule has 0 unspecified atom stereocenters. The third-order valence-corrected chi connectivity index (χ3v) is 7.54. The van der Waals surface area contributed by atoms with E-state index in [1.54, 1.807) is 45.7 Å². The van der Waals surface area contributed by atoms with Crippen LogP contribution < -0.4 is 14.2 Å². The van der Waals surface area contributed by atoms with Crippen molar-refractivity contribution in [2.45, 2.75) is 38.6 Å². The fourth-order valence-electron chi connectivity index (χ4n) is 5.09. The summed E-state index contributed by atoms with van der Waals surface area (Å²) in [6.07, 6.45) is 4.27. The molecule has 41 heavy (non-hydrogen) atoms. The predicted molar refractivity (Wildman–Crippen MR) is 157 cm³/mol. The van der Waals surface area contributed by atoms with Gasteiger partial charge in [0, 0.05) is 46.8 Å². The number of hydrogen-bond donors (Lipinski definition) is 0. The lowest BCUT2D eigenvalue weighted by Gasteiger charge is -2.10. The molecule has 6 rings (SSSR count). The van der Waals surface area contributed by atoms with Crippen molar-refractivity contribution in [3.05, 3.63) is 94.9 Å². The van der Waals surface area contributed by atoms with Crippen LogP contribution in [0.25, 0.3) is 22.3 Å². The van der Waals surface area contributed by atoms with E-state index in [-0.39, 0.29) is 12.2 Å². The molecule has 0 aliphatic heterocycles. The Kier molecular flexibility index (Phi) is 7.14. The Balaban J connectivity index is 1.33. The number of ketones is 1. The second kappa shape index (κ2) is 11.0. The average Bonchev–Trinajstić information content (AvgIpc) is 3.80. The van der Waals surface area contributed by atoms with Crippen LogP contribution >= 0.6 is 0 Å². The number of methoxy groups -OCH3 is 3. The van der Waals surface area contributed by atoms with Crippen LogP contribution in [-0.2, 0) is 13.0 Å². The number of carbonyl (C=O) groups is 1. The minimum absolute atomic E-state index is 0.0474. The van der Waals surface area contributed by atoms with Crippen molar-refractivity contribution in [2.24, 2.45) is 0 Å². The van der Waals surface area contributed by atoms with Gasteiger partial charge in [0.25, 0.3) is 0 Å². The maximum Gasteiger partial charge on any atom is 0.167 e. The zero-order valence-corrected chi connectivity index (χ0v) is 23.7. The summed E-state index contributed by atoms with van der Waals surface area (Å²) >= 11 is 0. The lowest BCUT2D eigenvalue weighted by molar-refractivity contribution is 0.0992. The van der Waals surface area contributed by atoms with Crippen molar-refractivity contribution in [1.29, 1.82) is 0 Å². The van der Waals surface area contributed by atoms with Gasteiger partial charge in [-0.1, -0.05) is 12.1 Å². The molecule has 5 aromatic rings. The molecule has 8 nitrogen and oxygen atoms in total. The van der Waals surface area contributed by atoms with Crippen molar-refractivity contribution >= 4 is 16.8 Å². The van der Waals surface area contributed by atoms with Gasteiger partial charge in [0.2, 0.25) is 0 Å². The van der Waals surface area contributed by atoms with E-state index in [9.17, 15) is 4.79 Å². The third-order valence-electron chi connectivity index (χ3n) is 7.54. The Labute approximate surface area is 238 Å². The molecular formula is C33H32N4O4. The summed E-state index contributed by atoms with van der Waals surface area (Å²) in [6.45, 7) is 2.57. The molecule has 0 amide bonds. The Morgan fingerprint density at radius 3 is 2.24 bits per heavy atom. The van der Waals surface area contributed by atoms with Gasteiger partial charge in [-0.05, 0) is 73.4 Å². The third kappa shape index (κ3) is 5.50. The Bertz CT molecular complexity index is 1720. The van der Waals surface area contributed by atoms with Crippen molar-refractivity contribution in [1.82, 2.24) is 19.7 Å². The summed E-state index contributed by atoms with van der Waals surface area (Å²) in [7, 11) is 4.81. The lowest BCUT2D eigenvalue weighted by atomic mass is 10.0. The van der Waals surface area contributed by atoms with Crippen LogP contribution in [0.1, 0.15) is 51.6 Å². The number of aryl methyl sites for hydroxylation is 1. The maximum absolute atomic E-state index is 13.2. The first-order valence-corrected chi connectivity index (χ1v) is 13.7. The Hall–Kier alpha value is -4.72. The van der Waals surface area contributed by atoms with Gasteiger partial charge in [-0.15, -0.1) is 0 Å². The Morgan fingerprint density at radius 2 is 1.59 bits per heavy atom. The molecule has 1 aliphatic rings. The van der Waals surface area contributed by atoms with Crippen LogP contribution in [0, 0.1) is 6.92 Å². The number of Topliss-reactive ketones (excluding diaryl/α,β-unsaturated/α-hetero) is 1. The first-order chi connectivity index (χ1) is 19.9. The van der Waals surface area contributed by atoms with Gasteiger partial charge in [-0.3, -0.25) is 9.78 Å². The van der Waals surface area contributed by atoms with Gasteiger partial charge in [0.1, 0.15) is 17.2 Å². The van der Waals surface area contributed by atoms with Gasteiger partial charge < -0.3 is 14.2 Å². The highest BCUT2D eigenvalue weighted by Crippen LogP contribution is 2.42. The molecule has 2 aromatic carbocycles. The standard InChI is InChI=1S/C33H32N4O4/c1-20-29(13-22(18-34-20)14-31(38)24-15-26(40-3)17-27(16-24)41-4)30-12-11-28-32(23-7-8-23)36-37(33(28)35-30)19-21-5-9-25(39-2)10-6-21/h5-6,9-13,15-18,23H,7-8,14,19H2,1-4H3. The van der Waals surface area contributed by atoms with E-state index in [1.807, 2.05) is 35.9 Å². The Morgan fingerprint density at radius 1 is 0.878 bits per heavy atom. The van der Waals surface area contributed by atoms with Crippen molar-refractivity contribution < 1.29 is 19.0 Å². The number of ether oxygens (including phenoxy) is 3. The molecule has 1 fully saturated rings. The monoisotopic (exact) mass is 548 g/mol. The van der Waals surface area contributed by atoms with Crippen LogP contribution in [0.4, 0.5) is 0 Å². The smallest absolute Gasteiger partial charge is 0.167 e. The highest BCUT2D eigenvalue weighted by Gasteiger charge is 2.29. The van der Waals surface area contributed by atoms with E-state index in [0.717, 1.165) is 63.4 Å². The second-order valence-corrected chi connectivity index (χ2v) is 10.4. The fraction of sp³-hybridized carbons (Fsp3) is 0.273. The zero-order valence-electron chi connectivity index (χ0n) is 23.7. The van der Waals surface area contributed by atoms with E-state index in [2.05, 4.69) is 23.2 Å². The summed E-state index contributed by atoms with van der Waals surface area (Å²) in [6, 6.07) is 19.4. The predicted octanol–water partition coefficient (Wildman–Crippen LogP) is 6.18. The van der Waals surface area contributed by atoms with Crippen LogP contribution in [0.5, 0.6) is 17.2 Å². The van der Waals surface area contributed by atoms with E-state index in [0.29, 0.717) is 29.5 Å². The fourth-order valence-corrected chi connectivity index (χ4v) is 5.09. The quantitative estimate of drug-likeness (QED) is 0.193. The molecule has 3 heterocycles. The van der Waals surface area contributed by atoms with Crippen molar-refractivity contribution in [3.63, 3.8) is 0 Å². The van der Waals surface area contributed by atoms with Crippen molar-refractivity contribution in [3.8, 4) is 28.5 Å². The highest BCUT2D eigenvalue weighted by atomic mass is 16.5. The van der Waals surface area contributed by atoms with Gasteiger partial charge in [0.15, 0.2) is 11.4 Å². The number of nitrogens with zero attached hydrogens (tertiary/aromatic N) is 4. The topological polar surface area (TPSA) is 88.4 Å². The number of fused-ring (bicyclic) bond motifs is 1. The van der Waals surface area contributed by atoms with E-state index in [4.69, 9.17) is 24.3 Å². The molecule has 3 aromatic heterocycles. The van der Waals surface area contributed by atoms with Crippen LogP contribution in [0.2, 0.25) is 0 Å². The number of hydrogen-bond acceptors (Lipinski definition) is 7. The molecule has 1 aliphatic carbocycles. The second-order valence-electron chi connectivity index (χ2n) is 10.4. The molecule has 0 bridgehead atoms. The zero-order chi connectivity index (χ0) is 28.5. The minimum atomic E-state index is -0.0474. The SMILES string of the molecule is COc1ccc(Cn2nc(C3CC3)c3ccc(-c4cc(CC(=O)c5cc(OC)cc(OC)c5)cnc4C)nc32)cc1.